The Hall–Kier alpha value is -1.59. The molecule has 1 amide bonds. The van der Waals surface area contributed by atoms with Gasteiger partial charge in [-0.1, -0.05) is 6.07 Å². The number of hydrogen-bond acceptors (Lipinski definition) is 4. The Labute approximate surface area is 132 Å². The van der Waals surface area contributed by atoms with E-state index in [4.69, 9.17) is 10.5 Å². The molecule has 0 saturated carbocycles. The van der Waals surface area contributed by atoms with Crippen molar-refractivity contribution in [2.45, 2.75) is 38.8 Å². The van der Waals surface area contributed by atoms with Crippen molar-refractivity contribution in [1.29, 1.82) is 0 Å². The average Bonchev–Trinajstić information content (AvgIpc) is 3.00. The van der Waals surface area contributed by atoms with Gasteiger partial charge in [-0.05, 0) is 57.5 Å². The summed E-state index contributed by atoms with van der Waals surface area (Å²) in [6.07, 6.45) is 2.10. The number of amides is 1. The fraction of sp³-hybridized carbons (Fsp3) is 0.588. The number of carbonyl (C=O) groups excluding carboxylic acids is 1. The summed E-state index contributed by atoms with van der Waals surface area (Å²) in [5, 5.41) is 0. The zero-order chi connectivity index (χ0) is 15.7. The van der Waals surface area contributed by atoms with Crippen molar-refractivity contribution in [2.75, 3.05) is 31.1 Å². The van der Waals surface area contributed by atoms with Gasteiger partial charge >= 0.3 is 0 Å². The maximum Gasteiger partial charge on any atom is 0.267 e. The van der Waals surface area contributed by atoms with E-state index >= 15 is 0 Å². The quantitative estimate of drug-likeness (QED) is 0.923. The maximum atomic E-state index is 12.5. The van der Waals surface area contributed by atoms with Crippen LogP contribution in [0.5, 0.6) is 5.75 Å². The van der Waals surface area contributed by atoms with E-state index in [9.17, 15) is 4.79 Å². The molecule has 1 saturated heterocycles. The summed E-state index contributed by atoms with van der Waals surface area (Å²) in [6.45, 7) is 7.67. The smallest absolute Gasteiger partial charge is 0.267 e. The normalized spacial score (nSPS) is 23.3. The number of fused-ring (bicyclic) bond motifs is 1. The summed E-state index contributed by atoms with van der Waals surface area (Å²) in [7, 11) is 0. The first-order chi connectivity index (χ1) is 10.6. The number of ether oxygens (including phenoxy) is 1. The SMILES string of the molecule is CC1Oc2ccc(C(C)N)cc2N(CCN2CCCC2)C1=O. The molecule has 2 unspecified atom stereocenters. The molecule has 1 aromatic rings. The zero-order valence-electron chi connectivity index (χ0n) is 13.4. The van der Waals surface area contributed by atoms with Gasteiger partial charge in [0.25, 0.3) is 5.91 Å². The van der Waals surface area contributed by atoms with E-state index in [1.165, 1.54) is 12.8 Å². The maximum absolute atomic E-state index is 12.5. The predicted molar refractivity (Wildman–Crippen MR) is 87.2 cm³/mol. The highest BCUT2D eigenvalue weighted by atomic mass is 16.5. The third-order valence-electron chi connectivity index (χ3n) is 4.56. The van der Waals surface area contributed by atoms with Crippen molar-refractivity contribution >= 4 is 11.6 Å². The highest BCUT2D eigenvalue weighted by Gasteiger charge is 2.32. The molecule has 2 atom stereocenters. The summed E-state index contributed by atoms with van der Waals surface area (Å²) in [4.78, 5) is 16.8. The number of likely N-dealkylation sites (tertiary alicyclic amines) is 1. The van der Waals surface area contributed by atoms with E-state index < -0.39 is 6.10 Å². The van der Waals surface area contributed by atoms with E-state index in [0.717, 1.165) is 36.6 Å². The molecule has 0 bridgehead atoms. The molecule has 0 radical (unpaired) electrons. The highest BCUT2D eigenvalue weighted by molar-refractivity contribution is 5.99. The summed E-state index contributed by atoms with van der Waals surface area (Å²) >= 11 is 0. The lowest BCUT2D eigenvalue weighted by Gasteiger charge is -2.34. The van der Waals surface area contributed by atoms with Gasteiger partial charge in [-0.25, -0.2) is 0 Å². The molecule has 2 heterocycles. The van der Waals surface area contributed by atoms with Gasteiger partial charge in [-0.3, -0.25) is 4.79 Å². The second-order valence-corrected chi connectivity index (χ2v) is 6.31. The molecule has 5 heteroatoms. The van der Waals surface area contributed by atoms with Crippen LogP contribution in [0, 0.1) is 0 Å². The fourth-order valence-corrected chi connectivity index (χ4v) is 3.19. The van der Waals surface area contributed by atoms with Crippen LogP contribution < -0.4 is 15.4 Å². The van der Waals surface area contributed by atoms with Crippen molar-refractivity contribution in [2.24, 2.45) is 5.73 Å². The van der Waals surface area contributed by atoms with Crippen LogP contribution in [0.4, 0.5) is 5.69 Å². The second-order valence-electron chi connectivity index (χ2n) is 6.31. The molecule has 0 aliphatic carbocycles. The van der Waals surface area contributed by atoms with Gasteiger partial charge in [0.1, 0.15) is 5.75 Å². The summed E-state index contributed by atoms with van der Waals surface area (Å²) in [5.41, 5.74) is 7.86. The van der Waals surface area contributed by atoms with Crippen molar-refractivity contribution in [1.82, 2.24) is 4.90 Å². The molecular weight excluding hydrogens is 278 g/mol. The lowest BCUT2D eigenvalue weighted by molar-refractivity contribution is -0.125. The third-order valence-corrected chi connectivity index (χ3v) is 4.56. The molecule has 2 aliphatic heterocycles. The molecule has 22 heavy (non-hydrogen) atoms. The first-order valence-electron chi connectivity index (χ1n) is 8.16. The minimum Gasteiger partial charge on any atom is -0.479 e. The molecule has 5 nitrogen and oxygen atoms in total. The number of nitrogens with two attached hydrogens (primary N) is 1. The molecule has 120 valence electrons. The standard InChI is InChI=1S/C17H25N3O2/c1-12(18)14-5-6-16-15(11-14)20(17(21)13(2)22-16)10-9-19-7-3-4-8-19/h5-6,11-13H,3-4,7-10,18H2,1-2H3. The number of nitrogens with zero attached hydrogens (tertiary/aromatic N) is 2. The molecule has 3 rings (SSSR count). The van der Waals surface area contributed by atoms with Gasteiger partial charge in [0.05, 0.1) is 5.69 Å². The Kier molecular flexibility index (Phi) is 4.36. The van der Waals surface area contributed by atoms with Crippen LogP contribution >= 0.6 is 0 Å². The van der Waals surface area contributed by atoms with Crippen LogP contribution in [0.2, 0.25) is 0 Å². The summed E-state index contributed by atoms with van der Waals surface area (Å²) in [5.74, 6) is 0.812. The number of carbonyl (C=O) groups is 1. The van der Waals surface area contributed by atoms with E-state index in [-0.39, 0.29) is 11.9 Å². The fourth-order valence-electron chi connectivity index (χ4n) is 3.19. The first-order valence-corrected chi connectivity index (χ1v) is 8.16. The van der Waals surface area contributed by atoms with Gasteiger partial charge in [0.15, 0.2) is 6.10 Å². The predicted octanol–water partition coefficient (Wildman–Crippen LogP) is 1.92. The van der Waals surface area contributed by atoms with Crippen LogP contribution in [0.15, 0.2) is 18.2 Å². The number of rotatable bonds is 4. The first kappa shape index (κ1) is 15.3. The Bertz CT molecular complexity index is 553. The molecule has 1 aromatic carbocycles. The van der Waals surface area contributed by atoms with Crippen LogP contribution in [0.25, 0.3) is 0 Å². The van der Waals surface area contributed by atoms with Gasteiger partial charge in [0, 0.05) is 19.1 Å². The topological polar surface area (TPSA) is 58.8 Å². The van der Waals surface area contributed by atoms with E-state index in [1.54, 1.807) is 0 Å². The second kappa shape index (κ2) is 6.26. The van der Waals surface area contributed by atoms with Crippen molar-refractivity contribution in [3.8, 4) is 5.75 Å². The summed E-state index contributed by atoms with van der Waals surface area (Å²) < 4.78 is 5.74. The molecule has 0 aromatic heterocycles. The number of benzene rings is 1. The Morgan fingerprint density at radius 2 is 2.05 bits per heavy atom. The minimum absolute atomic E-state index is 0.0357. The van der Waals surface area contributed by atoms with Crippen LogP contribution in [0.1, 0.15) is 38.3 Å². The van der Waals surface area contributed by atoms with Crippen molar-refractivity contribution in [3.05, 3.63) is 23.8 Å². The average molecular weight is 303 g/mol. The van der Waals surface area contributed by atoms with Crippen LogP contribution in [-0.4, -0.2) is 43.1 Å². The van der Waals surface area contributed by atoms with Gasteiger partial charge < -0.3 is 20.3 Å². The van der Waals surface area contributed by atoms with Crippen molar-refractivity contribution < 1.29 is 9.53 Å². The zero-order valence-corrected chi connectivity index (χ0v) is 13.4. The monoisotopic (exact) mass is 303 g/mol. The number of hydrogen-bond donors (Lipinski definition) is 1. The van der Waals surface area contributed by atoms with Crippen LogP contribution in [-0.2, 0) is 4.79 Å². The minimum atomic E-state index is -0.424. The summed E-state index contributed by atoms with van der Waals surface area (Å²) in [6, 6.07) is 5.85. The van der Waals surface area contributed by atoms with Gasteiger partial charge in [-0.15, -0.1) is 0 Å². The molecular formula is C17H25N3O2. The molecule has 0 spiro atoms. The largest absolute Gasteiger partial charge is 0.479 e. The van der Waals surface area contributed by atoms with Gasteiger partial charge in [-0.2, -0.15) is 0 Å². The van der Waals surface area contributed by atoms with Gasteiger partial charge in [0.2, 0.25) is 0 Å². The molecule has 1 fully saturated rings. The van der Waals surface area contributed by atoms with Crippen LogP contribution in [0.3, 0.4) is 0 Å². The molecule has 2 N–H and O–H groups in total. The lowest BCUT2D eigenvalue weighted by atomic mass is 10.1. The van der Waals surface area contributed by atoms with E-state index in [2.05, 4.69) is 4.90 Å². The highest BCUT2D eigenvalue weighted by Crippen LogP contribution is 2.35. The lowest BCUT2D eigenvalue weighted by Crippen LogP contribution is -2.47. The molecule has 2 aliphatic rings. The van der Waals surface area contributed by atoms with E-state index in [1.807, 2.05) is 36.9 Å². The van der Waals surface area contributed by atoms with E-state index in [0.29, 0.717) is 6.54 Å². The third kappa shape index (κ3) is 2.96. The Morgan fingerprint density at radius 3 is 2.73 bits per heavy atom. The van der Waals surface area contributed by atoms with Crippen molar-refractivity contribution in [3.63, 3.8) is 0 Å². The number of anilines is 1. The Balaban J connectivity index is 1.83. The Morgan fingerprint density at radius 1 is 1.32 bits per heavy atom.